The Hall–Kier alpha value is -1.72. The molecule has 1 unspecified atom stereocenters. The topological polar surface area (TPSA) is 55.2 Å². The molecule has 0 amide bonds. The highest BCUT2D eigenvalue weighted by molar-refractivity contribution is 7.12. The predicted molar refractivity (Wildman–Crippen MR) is 86.9 cm³/mol. The van der Waals surface area contributed by atoms with Crippen molar-refractivity contribution in [1.82, 2.24) is 5.32 Å². The van der Waals surface area contributed by atoms with Crippen molar-refractivity contribution in [2.45, 2.75) is 32.7 Å². The summed E-state index contributed by atoms with van der Waals surface area (Å²) in [6, 6.07) is 11.4. The van der Waals surface area contributed by atoms with Crippen molar-refractivity contribution in [3.63, 3.8) is 0 Å². The van der Waals surface area contributed by atoms with Gasteiger partial charge in [0.1, 0.15) is 0 Å². The van der Waals surface area contributed by atoms with E-state index in [4.69, 9.17) is 0 Å². The van der Waals surface area contributed by atoms with Crippen molar-refractivity contribution in [2.75, 3.05) is 6.54 Å². The van der Waals surface area contributed by atoms with Crippen LogP contribution in [-0.2, 0) is 12.8 Å². The van der Waals surface area contributed by atoms with Crippen LogP contribution in [-0.4, -0.2) is 11.5 Å². The van der Waals surface area contributed by atoms with Gasteiger partial charge in [0.05, 0.1) is 4.92 Å². The zero-order valence-electron chi connectivity index (χ0n) is 12.3. The first-order valence-electron chi connectivity index (χ1n) is 7.20. The number of nitro benzene ring substituents is 1. The number of rotatable bonds is 7. The summed E-state index contributed by atoms with van der Waals surface area (Å²) in [5.41, 5.74) is 0.979. The van der Waals surface area contributed by atoms with E-state index < -0.39 is 0 Å². The van der Waals surface area contributed by atoms with Crippen molar-refractivity contribution in [1.29, 1.82) is 0 Å². The smallest absolute Gasteiger partial charge is 0.272 e. The predicted octanol–water partition coefficient (Wildman–Crippen LogP) is 4.11. The SMILES string of the molecule is CCNC(Cc1ccccc1[N+](=O)[O-])c1ccc(CC)s1. The highest BCUT2D eigenvalue weighted by Crippen LogP contribution is 2.29. The van der Waals surface area contributed by atoms with Gasteiger partial charge in [0.25, 0.3) is 5.69 Å². The first-order chi connectivity index (χ1) is 10.2. The van der Waals surface area contributed by atoms with Gasteiger partial charge in [0, 0.05) is 27.4 Å². The number of hydrogen-bond acceptors (Lipinski definition) is 4. The molecule has 0 saturated heterocycles. The fourth-order valence-electron chi connectivity index (χ4n) is 2.37. The number of para-hydroxylation sites is 1. The van der Waals surface area contributed by atoms with Crippen molar-refractivity contribution in [3.8, 4) is 0 Å². The summed E-state index contributed by atoms with van der Waals surface area (Å²) >= 11 is 1.78. The second-order valence-corrected chi connectivity index (χ2v) is 6.06. The number of hydrogen-bond donors (Lipinski definition) is 1. The molecule has 1 heterocycles. The summed E-state index contributed by atoms with van der Waals surface area (Å²) in [6.45, 7) is 5.03. The minimum absolute atomic E-state index is 0.126. The number of benzene rings is 1. The summed E-state index contributed by atoms with van der Waals surface area (Å²) in [6.07, 6.45) is 1.66. The molecule has 0 aliphatic heterocycles. The van der Waals surface area contributed by atoms with Gasteiger partial charge < -0.3 is 5.32 Å². The van der Waals surface area contributed by atoms with Gasteiger partial charge in [-0.05, 0) is 31.5 Å². The van der Waals surface area contributed by atoms with Gasteiger partial charge in [0.15, 0.2) is 0 Å². The normalized spacial score (nSPS) is 12.3. The van der Waals surface area contributed by atoms with Gasteiger partial charge in [0.2, 0.25) is 0 Å². The molecule has 0 radical (unpaired) electrons. The second kappa shape index (κ2) is 7.33. The molecular formula is C16H20N2O2S. The number of aryl methyl sites for hydroxylation is 1. The van der Waals surface area contributed by atoms with Crippen molar-refractivity contribution in [2.24, 2.45) is 0 Å². The van der Waals surface area contributed by atoms with E-state index >= 15 is 0 Å². The number of thiophene rings is 1. The fourth-order valence-corrected chi connectivity index (χ4v) is 3.40. The molecule has 1 atom stereocenters. The van der Waals surface area contributed by atoms with E-state index in [9.17, 15) is 10.1 Å². The van der Waals surface area contributed by atoms with Crippen molar-refractivity contribution < 1.29 is 4.92 Å². The summed E-state index contributed by atoms with van der Waals surface area (Å²) < 4.78 is 0. The Labute approximate surface area is 129 Å². The lowest BCUT2D eigenvalue weighted by Gasteiger charge is -2.16. The highest BCUT2D eigenvalue weighted by atomic mass is 32.1. The zero-order chi connectivity index (χ0) is 15.2. The maximum absolute atomic E-state index is 11.1. The summed E-state index contributed by atoms with van der Waals surface area (Å²) in [4.78, 5) is 13.4. The Morgan fingerprint density at radius 1 is 1.24 bits per heavy atom. The summed E-state index contributed by atoms with van der Waals surface area (Å²) in [5.74, 6) is 0. The Kier molecular flexibility index (Phi) is 5.47. The minimum atomic E-state index is -0.301. The molecule has 0 spiro atoms. The van der Waals surface area contributed by atoms with Crippen LogP contribution in [0, 0.1) is 10.1 Å². The lowest BCUT2D eigenvalue weighted by molar-refractivity contribution is -0.385. The Bertz CT molecular complexity index is 610. The molecule has 1 aromatic carbocycles. The molecule has 4 nitrogen and oxygen atoms in total. The third-order valence-electron chi connectivity index (χ3n) is 3.44. The van der Waals surface area contributed by atoms with Gasteiger partial charge >= 0.3 is 0 Å². The van der Waals surface area contributed by atoms with Crippen LogP contribution in [0.5, 0.6) is 0 Å². The van der Waals surface area contributed by atoms with E-state index in [1.54, 1.807) is 23.5 Å². The first kappa shape index (κ1) is 15.7. The number of nitro groups is 1. The second-order valence-electron chi connectivity index (χ2n) is 4.86. The van der Waals surface area contributed by atoms with Crippen molar-refractivity contribution >= 4 is 17.0 Å². The lowest BCUT2D eigenvalue weighted by atomic mass is 10.0. The van der Waals surface area contributed by atoms with Gasteiger partial charge in [-0.1, -0.05) is 32.0 Å². The molecule has 5 heteroatoms. The molecule has 0 bridgehead atoms. The molecule has 21 heavy (non-hydrogen) atoms. The van der Waals surface area contributed by atoms with Crippen molar-refractivity contribution in [3.05, 3.63) is 61.8 Å². The van der Waals surface area contributed by atoms with E-state index in [-0.39, 0.29) is 16.7 Å². The van der Waals surface area contributed by atoms with Crippen LogP contribution in [0.4, 0.5) is 5.69 Å². The largest absolute Gasteiger partial charge is 0.309 e. The van der Waals surface area contributed by atoms with Crippen LogP contribution in [0.2, 0.25) is 0 Å². The zero-order valence-corrected chi connectivity index (χ0v) is 13.2. The Morgan fingerprint density at radius 2 is 2.00 bits per heavy atom. The van der Waals surface area contributed by atoms with Gasteiger partial charge in [-0.2, -0.15) is 0 Å². The van der Waals surface area contributed by atoms with Crippen LogP contribution in [0.3, 0.4) is 0 Å². The molecule has 1 aromatic heterocycles. The monoisotopic (exact) mass is 304 g/mol. The maximum atomic E-state index is 11.1. The van der Waals surface area contributed by atoms with Crippen LogP contribution in [0.15, 0.2) is 36.4 Å². The molecular weight excluding hydrogens is 284 g/mol. The molecule has 0 aliphatic rings. The lowest BCUT2D eigenvalue weighted by Crippen LogP contribution is -2.22. The van der Waals surface area contributed by atoms with Crippen LogP contribution in [0.1, 0.15) is 35.2 Å². The third kappa shape index (κ3) is 3.89. The standard InChI is InChI=1S/C16H20N2O2S/c1-3-13-9-10-16(21-13)14(17-4-2)11-12-7-5-6-8-15(12)18(19)20/h5-10,14,17H,3-4,11H2,1-2H3. The Morgan fingerprint density at radius 3 is 2.62 bits per heavy atom. The highest BCUT2D eigenvalue weighted by Gasteiger charge is 2.19. The number of nitrogens with zero attached hydrogens (tertiary/aromatic N) is 1. The summed E-state index contributed by atoms with van der Waals surface area (Å²) in [7, 11) is 0. The quantitative estimate of drug-likeness (QED) is 0.618. The van der Waals surface area contributed by atoms with Gasteiger partial charge in [-0.25, -0.2) is 0 Å². The summed E-state index contributed by atoms with van der Waals surface area (Å²) in [5, 5.41) is 14.6. The number of likely N-dealkylation sites (N-methyl/N-ethyl adjacent to an activating group) is 1. The van der Waals surface area contributed by atoms with Crippen LogP contribution >= 0.6 is 11.3 Å². The molecule has 2 aromatic rings. The van der Waals surface area contributed by atoms with E-state index in [0.717, 1.165) is 18.5 Å². The molecule has 0 fully saturated rings. The van der Waals surface area contributed by atoms with E-state index in [1.165, 1.54) is 9.75 Å². The first-order valence-corrected chi connectivity index (χ1v) is 8.01. The van der Waals surface area contributed by atoms with E-state index in [0.29, 0.717) is 6.42 Å². The third-order valence-corrected chi connectivity index (χ3v) is 4.78. The maximum Gasteiger partial charge on any atom is 0.272 e. The van der Waals surface area contributed by atoms with Crippen LogP contribution < -0.4 is 5.32 Å². The molecule has 1 N–H and O–H groups in total. The van der Waals surface area contributed by atoms with E-state index in [1.807, 2.05) is 12.1 Å². The average Bonchev–Trinajstić information content (AvgIpc) is 2.96. The van der Waals surface area contributed by atoms with E-state index in [2.05, 4.69) is 31.3 Å². The molecule has 2 rings (SSSR count). The average molecular weight is 304 g/mol. The fraction of sp³-hybridized carbons (Fsp3) is 0.375. The Balaban J connectivity index is 2.26. The number of nitrogens with one attached hydrogen (secondary N) is 1. The minimum Gasteiger partial charge on any atom is -0.309 e. The van der Waals surface area contributed by atoms with Gasteiger partial charge in [-0.15, -0.1) is 11.3 Å². The molecule has 0 saturated carbocycles. The molecule has 0 aliphatic carbocycles. The van der Waals surface area contributed by atoms with Gasteiger partial charge in [-0.3, -0.25) is 10.1 Å². The van der Waals surface area contributed by atoms with Crippen LogP contribution in [0.25, 0.3) is 0 Å². The molecule has 112 valence electrons.